The lowest BCUT2D eigenvalue weighted by atomic mass is 10.1. The molecule has 3 aromatic rings. The fourth-order valence-corrected chi connectivity index (χ4v) is 3.52. The molecule has 0 saturated carbocycles. The van der Waals surface area contributed by atoms with Crippen LogP contribution in [0.25, 0.3) is 11.1 Å². The van der Waals surface area contributed by atoms with Crippen molar-refractivity contribution in [1.82, 2.24) is 0 Å². The summed E-state index contributed by atoms with van der Waals surface area (Å²) in [7, 11) is 0. The van der Waals surface area contributed by atoms with Crippen molar-refractivity contribution in [2.24, 2.45) is 0 Å². The highest BCUT2D eigenvalue weighted by Crippen LogP contribution is 2.35. The number of benzene rings is 3. The van der Waals surface area contributed by atoms with Gasteiger partial charge in [-0.3, -0.25) is 0 Å². The third-order valence-electron chi connectivity index (χ3n) is 3.66. The Balaban J connectivity index is 1.86. The van der Waals surface area contributed by atoms with Crippen LogP contribution in [0.1, 0.15) is 18.9 Å². The highest BCUT2D eigenvalue weighted by molar-refractivity contribution is 7.99. The first-order chi connectivity index (χ1) is 10.9. The fourth-order valence-electron chi connectivity index (χ4n) is 2.55. The number of hydrogen-bond acceptors (Lipinski definition) is 1. The minimum atomic E-state index is 1.16. The third-order valence-corrected chi connectivity index (χ3v) is 4.75. The van der Waals surface area contributed by atoms with Crippen LogP contribution < -0.4 is 0 Å². The van der Waals surface area contributed by atoms with Gasteiger partial charge in [0.25, 0.3) is 0 Å². The maximum absolute atomic E-state index is 2.25. The second kappa shape index (κ2) is 7.33. The van der Waals surface area contributed by atoms with E-state index in [0.29, 0.717) is 0 Å². The molecule has 0 N–H and O–H groups in total. The summed E-state index contributed by atoms with van der Waals surface area (Å²) in [5, 5.41) is 0. The Morgan fingerprint density at radius 3 is 2.14 bits per heavy atom. The van der Waals surface area contributed by atoms with Crippen LogP contribution in [0.5, 0.6) is 0 Å². The van der Waals surface area contributed by atoms with Gasteiger partial charge in [0.2, 0.25) is 0 Å². The van der Waals surface area contributed by atoms with Crippen molar-refractivity contribution in [1.29, 1.82) is 0 Å². The molecule has 1 heteroatoms. The SMILES string of the molecule is CCCc1ccc(Sc2ccccc2-c2ccccc2)cc1. The molecule has 0 aliphatic heterocycles. The van der Waals surface area contributed by atoms with Crippen LogP contribution in [0.4, 0.5) is 0 Å². The van der Waals surface area contributed by atoms with Crippen molar-refractivity contribution in [2.75, 3.05) is 0 Å². The van der Waals surface area contributed by atoms with E-state index in [-0.39, 0.29) is 0 Å². The third kappa shape index (κ3) is 3.61. The molecule has 0 nitrogen and oxygen atoms in total. The molecule has 0 amide bonds. The molecule has 0 aliphatic rings. The molecule has 0 bridgehead atoms. The Labute approximate surface area is 137 Å². The van der Waals surface area contributed by atoms with E-state index in [0.717, 1.165) is 6.42 Å². The van der Waals surface area contributed by atoms with Gasteiger partial charge in [0.1, 0.15) is 0 Å². The van der Waals surface area contributed by atoms with Gasteiger partial charge in [-0.15, -0.1) is 0 Å². The predicted molar refractivity (Wildman–Crippen MR) is 96.4 cm³/mol. The average Bonchev–Trinajstić information content (AvgIpc) is 2.58. The van der Waals surface area contributed by atoms with Gasteiger partial charge < -0.3 is 0 Å². The average molecular weight is 304 g/mol. The zero-order chi connectivity index (χ0) is 15.2. The molecular formula is C21H20S. The fraction of sp³-hybridized carbons (Fsp3) is 0.143. The van der Waals surface area contributed by atoms with Crippen molar-refractivity contribution in [3.8, 4) is 11.1 Å². The quantitative estimate of drug-likeness (QED) is 0.521. The Kier molecular flexibility index (Phi) is 4.97. The maximum atomic E-state index is 2.25. The standard InChI is InChI=1S/C21H20S/c1-2-8-17-13-15-19(16-14-17)22-21-12-7-6-11-20(21)18-9-4-3-5-10-18/h3-7,9-16H,2,8H2,1H3. The number of aryl methyl sites for hydroxylation is 1. The minimum Gasteiger partial charge on any atom is -0.0895 e. The first kappa shape index (κ1) is 14.9. The van der Waals surface area contributed by atoms with E-state index in [4.69, 9.17) is 0 Å². The highest BCUT2D eigenvalue weighted by Gasteiger charge is 2.06. The van der Waals surface area contributed by atoms with Crippen LogP contribution in [-0.4, -0.2) is 0 Å². The summed E-state index contributed by atoms with van der Waals surface area (Å²) in [6.45, 7) is 2.22. The second-order valence-electron chi connectivity index (χ2n) is 5.36. The molecular weight excluding hydrogens is 284 g/mol. The van der Waals surface area contributed by atoms with Crippen molar-refractivity contribution in [3.05, 3.63) is 84.4 Å². The van der Waals surface area contributed by atoms with E-state index in [2.05, 4.69) is 85.8 Å². The largest absolute Gasteiger partial charge is 0.0895 e. The lowest BCUT2D eigenvalue weighted by molar-refractivity contribution is 0.920. The Morgan fingerprint density at radius 2 is 1.41 bits per heavy atom. The van der Waals surface area contributed by atoms with E-state index in [1.54, 1.807) is 0 Å². The molecule has 0 unspecified atom stereocenters. The molecule has 3 rings (SSSR count). The topological polar surface area (TPSA) is 0 Å². The normalized spacial score (nSPS) is 10.6. The smallest absolute Gasteiger partial charge is 0.0200 e. The molecule has 3 aromatic carbocycles. The van der Waals surface area contributed by atoms with Crippen LogP contribution in [0.3, 0.4) is 0 Å². The molecule has 110 valence electrons. The molecule has 0 aliphatic carbocycles. The second-order valence-corrected chi connectivity index (χ2v) is 6.47. The molecule has 0 atom stereocenters. The molecule has 0 radical (unpaired) electrons. The lowest BCUT2D eigenvalue weighted by Crippen LogP contribution is -1.84. The predicted octanol–water partition coefficient (Wildman–Crippen LogP) is 6.46. The highest BCUT2D eigenvalue weighted by atomic mass is 32.2. The van der Waals surface area contributed by atoms with Crippen LogP contribution in [0, 0.1) is 0 Å². The van der Waals surface area contributed by atoms with Gasteiger partial charge >= 0.3 is 0 Å². The van der Waals surface area contributed by atoms with E-state index < -0.39 is 0 Å². The van der Waals surface area contributed by atoms with Gasteiger partial charge in [-0.1, -0.05) is 85.8 Å². The summed E-state index contributed by atoms with van der Waals surface area (Å²) >= 11 is 1.84. The van der Waals surface area contributed by atoms with E-state index in [1.807, 2.05) is 11.8 Å². The van der Waals surface area contributed by atoms with Gasteiger partial charge in [-0.25, -0.2) is 0 Å². The molecule has 0 fully saturated rings. The van der Waals surface area contributed by atoms with E-state index in [9.17, 15) is 0 Å². The van der Waals surface area contributed by atoms with E-state index in [1.165, 1.54) is 32.9 Å². The molecule has 22 heavy (non-hydrogen) atoms. The van der Waals surface area contributed by atoms with Crippen molar-refractivity contribution in [3.63, 3.8) is 0 Å². The number of rotatable bonds is 5. The maximum Gasteiger partial charge on any atom is 0.0200 e. The first-order valence-corrected chi connectivity index (χ1v) is 8.59. The Hall–Kier alpha value is -1.99. The van der Waals surface area contributed by atoms with Crippen LogP contribution in [0.15, 0.2) is 88.7 Å². The van der Waals surface area contributed by atoms with Crippen LogP contribution in [-0.2, 0) is 6.42 Å². The van der Waals surface area contributed by atoms with Gasteiger partial charge in [-0.05, 0) is 41.3 Å². The molecule has 0 spiro atoms. The van der Waals surface area contributed by atoms with Crippen LogP contribution >= 0.6 is 11.8 Å². The first-order valence-electron chi connectivity index (χ1n) is 7.78. The van der Waals surface area contributed by atoms with Gasteiger partial charge in [0.15, 0.2) is 0 Å². The lowest BCUT2D eigenvalue weighted by Gasteiger charge is -2.10. The number of hydrogen-bond donors (Lipinski definition) is 0. The van der Waals surface area contributed by atoms with Crippen LogP contribution in [0.2, 0.25) is 0 Å². The zero-order valence-corrected chi connectivity index (χ0v) is 13.6. The zero-order valence-electron chi connectivity index (χ0n) is 12.8. The molecule has 0 aromatic heterocycles. The minimum absolute atomic E-state index is 1.16. The van der Waals surface area contributed by atoms with Gasteiger partial charge in [0, 0.05) is 9.79 Å². The summed E-state index contributed by atoms with van der Waals surface area (Å²) in [5.41, 5.74) is 3.99. The summed E-state index contributed by atoms with van der Waals surface area (Å²) in [6.07, 6.45) is 2.36. The van der Waals surface area contributed by atoms with Gasteiger partial charge in [0.05, 0.1) is 0 Å². The van der Waals surface area contributed by atoms with Crippen molar-refractivity contribution >= 4 is 11.8 Å². The Morgan fingerprint density at radius 1 is 0.727 bits per heavy atom. The molecule has 0 saturated heterocycles. The monoisotopic (exact) mass is 304 g/mol. The summed E-state index contributed by atoms with van der Waals surface area (Å²) in [4.78, 5) is 2.60. The van der Waals surface area contributed by atoms with E-state index >= 15 is 0 Å². The summed E-state index contributed by atoms with van der Waals surface area (Å²) < 4.78 is 0. The van der Waals surface area contributed by atoms with Crippen molar-refractivity contribution < 1.29 is 0 Å². The summed E-state index contributed by atoms with van der Waals surface area (Å²) in [6, 6.07) is 28.2. The van der Waals surface area contributed by atoms with Crippen molar-refractivity contribution in [2.45, 2.75) is 29.6 Å². The van der Waals surface area contributed by atoms with Gasteiger partial charge in [-0.2, -0.15) is 0 Å². The summed E-state index contributed by atoms with van der Waals surface area (Å²) in [5.74, 6) is 0. The molecule has 0 heterocycles. The Bertz CT molecular complexity index is 714.